The lowest BCUT2D eigenvalue weighted by molar-refractivity contribution is 0.423. The van der Waals surface area contributed by atoms with Crippen LogP contribution < -0.4 is 0 Å². The Morgan fingerprint density at radius 3 is 2.36 bits per heavy atom. The maximum absolute atomic E-state index is 8.92. The van der Waals surface area contributed by atoms with Crippen LogP contribution in [-0.4, -0.2) is 9.97 Å². The first kappa shape index (κ1) is 10.6. The number of aromatic nitrogens is 2. The molecule has 0 spiro atoms. The highest BCUT2D eigenvalue weighted by Crippen LogP contribution is 2.30. The largest absolute Gasteiger partial charge is 0.256 e. The standard InChI is InChI=1S/C11H15N3/c1-4-11(3,5-2)10-9(8-12)13-6-7-14-10/h6-7H,4-5H2,1-3H3. The molecule has 0 atom stereocenters. The molecule has 0 fully saturated rings. The lowest BCUT2D eigenvalue weighted by Gasteiger charge is -2.25. The van der Waals surface area contributed by atoms with Gasteiger partial charge in [0.25, 0.3) is 0 Å². The zero-order valence-electron chi connectivity index (χ0n) is 8.91. The van der Waals surface area contributed by atoms with E-state index >= 15 is 0 Å². The van der Waals surface area contributed by atoms with Gasteiger partial charge in [-0.3, -0.25) is 4.98 Å². The van der Waals surface area contributed by atoms with Crippen LogP contribution >= 0.6 is 0 Å². The van der Waals surface area contributed by atoms with E-state index in [0.717, 1.165) is 18.5 Å². The molecule has 0 aromatic carbocycles. The molecule has 0 radical (unpaired) electrons. The van der Waals surface area contributed by atoms with Crippen molar-refractivity contribution in [3.8, 4) is 6.07 Å². The Morgan fingerprint density at radius 1 is 1.29 bits per heavy atom. The Balaban J connectivity index is 3.24. The first-order chi connectivity index (χ1) is 6.68. The predicted molar refractivity (Wildman–Crippen MR) is 54.7 cm³/mol. The van der Waals surface area contributed by atoms with E-state index in [2.05, 4.69) is 36.8 Å². The van der Waals surface area contributed by atoms with Gasteiger partial charge in [-0.1, -0.05) is 20.8 Å². The number of rotatable bonds is 3. The van der Waals surface area contributed by atoms with Crippen LogP contribution in [0.3, 0.4) is 0 Å². The van der Waals surface area contributed by atoms with Gasteiger partial charge in [0.05, 0.1) is 5.69 Å². The van der Waals surface area contributed by atoms with Gasteiger partial charge in [0.2, 0.25) is 0 Å². The van der Waals surface area contributed by atoms with E-state index in [-0.39, 0.29) is 5.41 Å². The Hall–Kier alpha value is -1.43. The molecule has 0 aliphatic carbocycles. The summed E-state index contributed by atoms with van der Waals surface area (Å²) in [5, 5.41) is 8.92. The van der Waals surface area contributed by atoms with Gasteiger partial charge in [-0.2, -0.15) is 5.26 Å². The second-order valence-electron chi connectivity index (χ2n) is 3.63. The quantitative estimate of drug-likeness (QED) is 0.733. The lowest BCUT2D eigenvalue weighted by Crippen LogP contribution is -2.23. The molecule has 1 aromatic rings. The molecule has 0 bridgehead atoms. The van der Waals surface area contributed by atoms with E-state index in [1.54, 1.807) is 12.4 Å². The van der Waals surface area contributed by atoms with Crippen LogP contribution in [0.25, 0.3) is 0 Å². The van der Waals surface area contributed by atoms with Crippen molar-refractivity contribution in [1.29, 1.82) is 5.26 Å². The third kappa shape index (κ3) is 1.74. The van der Waals surface area contributed by atoms with Crippen molar-refractivity contribution in [3.05, 3.63) is 23.8 Å². The van der Waals surface area contributed by atoms with Crippen LogP contribution in [0.4, 0.5) is 0 Å². The van der Waals surface area contributed by atoms with Crippen LogP contribution in [-0.2, 0) is 5.41 Å². The minimum Gasteiger partial charge on any atom is -0.256 e. The van der Waals surface area contributed by atoms with Crippen molar-refractivity contribution in [2.75, 3.05) is 0 Å². The van der Waals surface area contributed by atoms with Crippen molar-refractivity contribution in [2.24, 2.45) is 0 Å². The first-order valence-corrected chi connectivity index (χ1v) is 4.89. The summed E-state index contributed by atoms with van der Waals surface area (Å²) in [6, 6.07) is 2.10. The maximum Gasteiger partial charge on any atom is 0.162 e. The van der Waals surface area contributed by atoms with Crippen LogP contribution in [0.15, 0.2) is 12.4 Å². The smallest absolute Gasteiger partial charge is 0.162 e. The minimum absolute atomic E-state index is 0.0284. The predicted octanol–water partition coefficient (Wildman–Crippen LogP) is 2.43. The van der Waals surface area contributed by atoms with Gasteiger partial charge in [-0.25, -0.2) is 4.98 Å². The highest BCUT2D eigenvalue weighted by Gasteiger charge is 2.27. The molecule has 1 aromatic heterocycles. The van der Waals surface area contributed by atoms with Gasteiger partial charge in [-0.15, -0.1) is 0 Å². The highest BCUT2D eigenvalue weighted by molar-refractivity contribution is 5.30. The molecule has 1 heterocycles. The summed E-state index contributed by atoms with van der Waals surface area (Å²) in [7, 11) is 0. The summed E-state index contributed by atoms with van der Waals surface area (Å²) >= 11 is 0. The fraction of sp³-hybridized carbons (Fsp3) is 0.545. The van der Waals surface area contributed by atoms with Crippen molar-refractivity contribution >= 4 is 0 Å². The zero-order valence-corrected chi connectivity index (χ0v) is 8.91. The highest BCUT2D eigenvalue weighted by atomic mass is 14.8. The van der Waals surface area contributed by atoms with Crippen molar-refractivity contribution in [1.82, 2.24) is 9.97 Å². The molecule has 0 aliphatic rings. The van der Waals surface area contributed by atoms with Gasteiger partial charge in [0.1, 0.15) is 6.07 Å². The monoisotopic (exact) mass is 189 g/mol. The normalized spacial score (nSPS) is 11.0. The summed E-state index contributed by atoms with van der Waals surface area (Å²) in [4.78, 5) is 8.31. The Kier molecular flexibility index (Phi) is 3.19. The fourth-order valence-corrected chi connectivity index (χ4v) is 1.45. The molecular weight excluding hydrogens is 174 g/mol. The van der Waals surface area contributed by atoms with Gasteiger partial charge in [-0.05, 0) is 12.8 Å². The average Bonchev–Trinajstić information content (AvgIpc) is 2.28. The molecule has 0 unspecified atom stereocenters. The van der Waals surface area contributed by atoms with E-state index in [0.29, 0.717) is 5.69 Å². The Labute approximate surface area is 84.8 Å². The summed E-state index contributed by atoms with van der Waals surface area (Å²) in [5.74, 6) is 0. The molecule has 0 N–H and O–H groups in total. The molecule has 0 amide bonds. The van der Waals surface area contributed by atoms with E-state index in [9.17, 15) is 0 Å². The third-order valence-corrected chi connectivity index (χ3v) is 2.94. The second kappa shape index (κ2) is 4.19. The van der Waals surface area contributed by atoms with Crippen molar-refractivity contribution in [2.45, 2.75) is 39.0 Å². The number of nitriles is 1. The molecule has 14 heavy (non-hydrogen) atoms. The maximum atomic E-state index is 8.92. The molecule has 1 rings (SSSR count). The van der Waals surface area contributed by atoms with Gasteiger partial charge < -0.3 is 0 Å². The van der Waals surface area contributed by atoms with Gasteiger partial charge in [0.15, 0.2) is 5.69 Å². The lowest BCUT2D eigenvalue weighted by atomic mass is 9.80. The topological polar surface area (TPSA) is 49.6 Å². The molecule has 0 saturated heterocycles. The summed E-state index contributed by atoms with van der Waals surface area (Å²) in [6.45, 7) is 6.34. The zero-order chi connectivity index (χ0) is 10.6. The third-order valence-electron chi connectivity index (χ3n) is 2.94. The molecule has 3 heteroatoms. The van der Waals surface area contributed by atoms with Gasteiger partial charge >= 0.3 is 0 Å². The van der Waals surface area contributed by atoms with Crippen LogP contribution in [0, 0.1) is 11.3 Å². The fourth-order valence-electron chi connectivity index (χ4n) is 1.45. The summed E-state index contributed by atoms with van der Waals surface area (Å²) in [5.41, 5.74) is 1.26. The first-order valence-electron chi connectivity index (χ1n) is 4.89. The molecule has 0 aliphatic heterocycles. The van der Waals surface area contributed by atoms with E-state index in [4.69, 9.17) is 5.26 Å². The SMILES string of the molecule is CCC(C)(CC)c1nccnc1C#N. The summed E-state index contributed by atoms with van der Waals surface area (Å²) < 4.78 is 0. The van der Waals surface area contributed by atoms with E-state index in [1.807, 2.05) is 0 Å². The van der Waals surface area contributed by atoms with Gasteiger partial charge in [0, 0.05) is 17.8 Å². The number of hydrogen-bond acceptors (Lipinski definition) is 3. The molecule has 0 saturated carbocycles. The van der Waals surface area contributed by atoms with Crippen molar-refractivity contribution < 1.29 is 0 Å². The van der Waals surface area contributed by atoms with Crippen LogP contribution in [0.5, 0.6) is 0 Å². The number of nitrogens with zero attached hydrogens (tertiary/aromatic N) is 3. The van der Waals surface area contributed by atoms with Crippen molar-refractivity contribution in [3.63, 3.8) is 0 Å². The molecular formula is C11H15N3. The van der Waals surface area contributed by atoms with E-state index in [1.165, 1.54) is 0 Å². The average molecular weight is 189 g/mol. The molecule has 3 nitrogen and oxygen atoms in total. The second-order valence-corrected chi connectivity index (χ2v) is 3.63. The van der Waals surface area contributed by atoms with E-state index < -0.39 is 0 Å². The molecule has 74 valence electrons. The Morgan fingerprint density at radius 2 is 1.86 bits per heavy atom. The van der Waals surface area contributed by atoms with Crippen LogP contribution in [0.1, 0.15) is 45.0 Å². The summed E-state index contributed by atoms with van der Waals surface area (Å²) in [6.07, 6.45) is 5.15. The van der Waals surface area contributed by atoms with Crippen LogP contribution in [0.2, 0.25) is 0 Å². The Bertz CT molecular complexity index is 348. The minimum atomic E-state index is -0.0284. The number of hydrogen-bond donors (Lipinski definition) is 0.